The van der Waals surface area contributed by atoms with Gasteiger partial charge in [0.1, 0.15) is 0 Å². The molecule has 1 saturated heterocycles. The van der Waals surface area contributed by atoms with Crippen LogP contribution >= 0.6 is 36.2 Å². The van der Waals surface area contributed by atoms with Gasteiger partial charge in [-0.15, -0.1) is 36.2 Å². The van der Waals surface area contributed by atoms with E-state index in [9.17, 15) is 0 Å². The number of nitrogens with zero attached hydrogens (tertiary/aromatic N) is 2. The molecule has 1 fully saturated rings. The third-order valence-corrected chi connectivity index (χ3v) is 4.70. The van der Waals surface area contributed by atoms with E-state index in [1.54, 1.807) is 17.6 Å². The van der Waals surface area contributed by atoms with Crippen molar-refractivity contribution in [2.75, 3.05) is 19.6 Å². The number of nitrogens with two attached hydrogens (primary N) is 1. The highest BCUT2D eigenvalue weighted by molar-refractivity contribution is 7.13. The van der Waals surface area contributed by atoms with Crippen LogP contribution in [0.3, 0.4) is 0 Å². The summed E-state index contributed by atoms with van der Waals surface area (Å²) in [5, 5.41) is 3.08. The van der Waals surface area contributed by atoms with E-state index in [1.807, 2.05) is 12.1 Å². The lowest BCUT2D eigenvalue weighted by molar-refractivity contribution is 0.272. The normalized spacial score (nSPS) is 21.8. The number of hydrogen-bond acceptors (Lipinski definition) is 5. The number of likely N-dealkylation sites (tertiary alicyclic amines) is 1. The minimum atomic E-state index is 0. The fraction of sp³-hybridized carbons (Fsp3) is 0.500. The van der Waals surface area contributed by atoms with Crippen molar-refractivity contribution in [1.82, 2.24) is 9.88 Å². The molecule has 3 rings (SSSR count). The minimum absolute atomic E-state index is 0. The summed E-state index contributed by atoms with van der Waals surface area (Å²) in [7, 11) is 0. The molecule has 118 valence electrons. The second-order valence-electron chi connectivity index (χ2n) is 5.60. The molecule has 1 atom stereocenters. The van der Waals surface area contributed by atoms with Gasteiger partial charge in [-0.2, -0.15) is 0 Å². The maximum atomic E-state index is 5.84. The number of rotatable bonds is 4. The summed E-state index contributed by atoms with van der Waals surface area (Å²) < 4.78 is 5.37. The lowest BCUT2D eigenvalue weighted by Crippen LogP contribution is -2.31. The third-order valence-electron chi connectivity index (χ3n) is 3.80. The molecule has 1 unspecified atom stereocenters. The second kappa shape index (κ2) is 7.61. The summed E-state index contributed by atoms with van der Waals surface area (Å²) in [6.07, 6.45) is 2.86. The Morgan fingerprint density at radius 3 is 2.90 bits per heavy atom. The van der Waals surface area contributed by atoms with Crippen LogP contribution in [0, 0.1) is 5.41 Å². The average Bonchev–Trinajstić information content (AvgIpc) is 3.11. The molecule has 2 aromatic rings. The topological polar surface area (TPSA) is 55.3 Å². The van der Waals surface area contributed by atoms with E-state index in [-0.39, 0.29) is 30.2 Å². The Balaban J connectivity index is 0.00000110. The molecule has 0 spiro atoms. The molecule has 1 aliphatic rings. The van der Waals surface area contributed by atoms with Gasteiger partial charge in [0.25, 0.3) is 0 Å². The first-order valence-electron chi connectivity index (χ1n) is 6.59. The Hall–Kier alpha value is -0.590. The van der Waals surface area contributed by atoms with Gasteiger partial charge in [-0.05, 0) is 37.1 Å². The Kier molecular flexibility index (Phi) is 6.69. The van der Waals surface area contributed by atoms with E-state index < -0.39 is 0 Å². The van der Waals surface area contributed by atoms with Gasteiger partial charge in [0, 0.05) is 18.5 Å². The number of aromatic nitrogens is 1. The van der Waals surface area contributed by atoms with Gasteiger partial charge < -0.3 is 10.2 Å². The Morgan fingerprint density at radius 1 is 1.48 bits per heavy atom. The fourth-order valence-corrected chi connectivity index (χ4v) is 3.33. The molecule has 0 aliphatic carbocycles. The summed E-state index contributed by atoms with van der Waals surface area (Å²) in [6.45, 7) is 6.12. The van der Waals surface area contributed by atoms with E-state index in [2.05, 4.69) is 22.2 Å². The predicted molar refractivity (Wildman–Crippen MR) is 91.4 cm³/mol. The number of thiazole rings is 1. The summed E-state index contributed by atoms with van der Waals surface area (Å²) in [4.78, 5) is 7.08. The van der Waals surface area contributed by atoms with Gasteiger partial charge in [-0.25, -0.2) is 4.98 Å². The van der Waals surface area contributed by atoms with E-state index in [0.717, 1.165) is 42.6 Å². The van der Waals surface area contributed by atoms with Crippen molar-refractivity contribution in [3.05, 3.63) is 29.5 Å². The van der Waals surface area contributed by atoms with Crippen LogP contribution in [0.4, 0.5) is 0 Å². The highest BCUT2D eigenvalue weighted by Crippen LogP contribution is 2.30. The summed E-state index contributed by atoms with van der Waals surface area (Å²) in [6, 6.07) is 3.84. The maximum absolute atomic E-state index is 5.84. The van der Waals surface area contributed by atoms with Crippen LogP contribution in [-0.4, -0.2) is 29.5 Å². The zero-order chi connectivity index (χ0) is 13.3. The van der Waals surface area contributed by atoms with Crippen LogP contribution < -0.4 is 5.73 Å². The van der Waals surface area contributed by atoms with Crippen LogP contribution in [0.2, 0.25) is 0 Å². The zero-order valence-corrected chi connectivity index (χ0v) is 14.4. The number of furan rings is 1. The zero-order valence-electron chi connectivity index (χ0n) is 11.9. The predicted octanol–water partition coefficient (Wildman–Crippen LogP) is 3.42. The first kappa shape index (κ1) is 18.5. The first-order valence-corrected chi connectivity index (χ1v) is 7.47. The summed E-state index contributed by atoms with van der Waals surface area (Å²) >= 11 is 1.64. The standard InChI is InChI=1S/C14H19N3OS.2ClH/c1-14(9-15)4-5-17(10-14)7-11-8-19-13(16-11)12-3-2-6-18-12;;/h2-3,6,8H,4-5,7,9-10,15H2,1H3;2*1H. The van der Waals surface area contributed by atoms with Gasteiger partial charge >= 0.3 is 0 Å². The molecule has 7 heteroatoms. The molecule has 3 heterocycles. The molecule has 2 N–H and O–H groups in total. The highest BCUT2D eigenvalue weighted by Gasteiger charge is 2.32. The van der Waals surface area contributed by atoms with Gasteiger partial charge in [0.2, 0.25) is 0 Å². The van der Waals surface area contributed by atoms with Crippen molar-refractivity contribution in [3.8, 4) is 10.8 Å². The lowest BCUT2D eigenvalue weighted by Gasteiger charge is -2.22. The molecule has 0 amide bonds. The molecule has 4 nitrogen and oxygen atoms in total. The molecular formula is C14H21Cl2N3OS. The molecular weight excluding hydrogens is 329 g/mol. The smallest absolute Gasteiger partial charge is 0.162 e. The van der Waals surface area contributed by atoms with Crippen LogP contribution in [0.1, 0.15) is 19.0 Å². The third kappa shape index (κ3) is 4.20. The molecule has 0 bridgehead atoms. The monoisotopic (exact) mass is 349 g/mol. The number of hydrogen-bond donors (Lipinski definition) is 1. The largest absolute Gasteiger partial charge is 0.462 e. The lowest BCUT2D eigenvalue weighted by atomic mass is 9.90. The SMILES string of the molecule is CC1(CN)CCN(Cc2csc(-c3ccco3)n2)C1.Cl.Cl. The van der Waals surface area contributed by atoms with Crippen LogP contribution in [0.15, 0.2) is 28.2 Å². The molecule has 0 saturated carbocycles. The summed E-state index contributed by atoms with van der Waals surface area (Å²) in [5.41, 5.74) is 7.24. The second-order valence-corrected chi connectivity index (χ2v) is 6.45. The molecule has 0 aromatic carbocycles. The Morgan fingerprint density at radius 2 is 2.29 bits per heavy atom. The van der Waals surface area contributed by atoms with Crippen molar-refractivity contribution in [3.63, 3.8) is 0 Å². The van der Waals surface area contributed by atoms with E-state index >= 15 is 0 Å². The van der Waals surface area contributed by atoms with Crippen molar-refractivity contribution in [2.24, 2.45) is 11.1 Å². The summed E-state index contributed by atoms with van der Waals surface area (Å²) in [5.74, 6) is 0.851. The molecule has 0 radical (unpaired) electrons. The van der Waals surface area contributed by atoms with Crippen molar-refractivity contribution >= 4 is 36.2 Å². The van der Waals surface area contributed by atoms with Gasteiger partial charge in [0.15, 0.2) is 10.8 Å². The van der Waals surface area contributed by atoms with Gasteiger partial charge in [0.05, 0.1) is 12.0 Å². The van der Waals surface area contributed by atoms with Crippen molar-refractivity contribution < 1.29 is 4.42 Å². The van der Waals surface area contributed by atoms with Gasteiger partial charge in [-0.1, -0.05) is 6.92 Å². The Labute approximate surface area is 141 Å². The maximum Gasteiger partial charge on any atom is 0.162 e. The molecule has 21 heavy (non-hydrogen) atoms. The van der Waals surface area contributed by atoms with E-state index in [4.69, 9.17) is 10.2 Å². The number of halogens is 2. The molecule has 1 aliphatic heterocycles. The fourth-order valence-electron chi connectivity index (χ4n) is 2.55. The first-order chi connectivity index (χ1) is 9.18. The van der Waals surface area contributed by atoms with Crippen LogP contribution in [0.25, 0.3) is 10.8 Å². The van der Waals surface area contributed by atoms with Gasteiger partial charge in [-0.3, -0.25) is 4.90 Å². The average molecular weight is 350 g/mol. The quantitative estimate of drug-likeness (QED) is 0.918. The van der Waals surface area contributed by atoms with E-state index in [1.165, 1.54) is 6.42 Å². The van der Waals surface area contributed by atoms with Crippen LogP contribution in [-0.2, 0) is 6.54 Å². The highest BCUT2D eigenvalue weighted by atomic mass is 35.5. The van der Waals surface area contributed by atoms with Crippen molar-refractivity contribution in [2.45, 2.75) is 19.9 Å². The minimum Gasteiger partial charge on any atom is -0.462 e. The van der Waals surface area contributed by atoms with E-state index in [0.29, 0.717) is 0 Å². The van der Waals surface area contributed by atoms with Crippen molar-refractivity contribution in [1.29, 1.82) is 0 Å². The van der Waals surface area contributed by atoms with Crippen LogP contribution in [0.5, 0.6) is 0 Å². The molecule has 2 aromatic heterocycles. The Bertz CT molecular complexity index is 546.